The summed E-state index contributed by atoms with van der Waals surface area (Å²) in [6, 6.07) is 16.5. The van der Waals surface area contributed by atoms with Gasteiger partial charge in [0.15, 0.2) is 0 Å². The first-order chi connectivity index (χ1) is 15.2. The Balaban J connectivity index is 1.32. The second kappa shape index (κ2) is 10.4. The zero-order valence-electron chi connectivity index (χ0n) is 18.2. The highest BCUT2D eigenvalue weighted by Gasteiger charge is 2.22. The van der Waals surface area contributed by atoms with Crippen molar-refractivity contribution < 1.29 is 14.3 Å². The molecule has 6 nitrogen and oxygen atoms in total. The van der Waals surface area contributed by atoms with E-state index in [2.05, 4.69) is 40.2 Å². The van der Waals surface area contributed by atoms with Crippen molar-refractivity contribution in [3.05, 3.63) is 59.9 Å². The van der Waals surface area contributed by atoms with E-state index in [-0.39, 0.29) is 12.0 Å². The Hall–Kier alpha value is -2.86. The molecule has 1 atom stereocenters. The quantitative estimate of drug-likeness (QED) is 0.501. The average molecular weight is 422 g/mol. The topological polar surface area (TPSA) is 65.4 Å². The molecule has 1 aliphatic rings. The van der Waals surface area contributed by atoms with Gasteiger partial charge in [-0.3, -0.25) is 4.79 Å². The summed E-state index contributed by atoms with van der Waals surface area (Å²) >= 11 is 0. The number of nitrogens with zero attached hydrogens (tertiary/aromatic N) is 2. The summed E-state index contributed by atoms with van der Waals surface area (Å²) in [5, 5.41) is 3.00. The molecule has 164 valence electrons. The molecule has 0 spiro atoms. The monoisotopic (exact) mass is 421 g/mol. The van der Waals surface area contributed by atoms with Crippen LogP contribution in [0.15, 0.2) is 48.5 Å². The number of unbranched alkanes of at least 4 members (excludes halogenated alkanes) is 2. The zero-order chi connectivity index (χ0) is 21.5. The Morgan fingerprint density at radius 3 is 2.77 bits per heavy atom. The molecule has 2 aromatic carbocycles. The smallest absolute Gasteiger partial charge is 0.249 e. The standard InChI is InChI=1S/C25H31N3O3/c1-30-20-14-12-19(13-15-20)18-28-22-9-5-4-8-21(22)27-24(28)11-3-2-6-16-26-25(29)23-10-7-17-31-23/h4-5,8-9,12-15,23H,2-3,6-7,10-11,16-18H2,1H3,(H,26,29). The van der Waals surface area contributed by atoms with Gasteiger partial charge in [0, 0.05) is 26.1 Å². The number of ether oxygens (including phenoxy) is 2. The van der Waals surface area contributed by atoms with E-state index in [4.69, 9.17) is 14.5 Å². The van der Waals surface area contributed by atoms with E-state index in [1.165, 1.54) is 5.56 Å². The van der Waals surface area contributed by atoms with E-state index in [1.54, 1.807) is 7.11 Å². The van der Waals surface area contributed by atoms with Crippen LogP contribution in [0.4, 0.5) is 0 Å². The molecule has 2 heterocycles. The predicted octanol–water partition coefficient (Wildman–Crippen LogP) is 4.10. The van der Waals surface area contributed by atoms with E-state index in [9.17, 15) is 4.79 Å². The van der Waals surface area contributed by atoms with Gasteiger partial charge in [-0.2, -0.15) is 0 Å². The van der Waals surface area contributed by atoms with Crippen LogP contribution < -0.4 is 10.1 Å². The minimum atomic E-state index is -0.238. The number of imidazole rings is 1. The maximum atomic E-state index is 12.0. The third-order valence-corrected chi connectivity index (χ3v) is 5.83. The predicted molar refractivity (Wildman–Crippen MR) is 121 cm³/mol. The fourth-order valence-electron chi connectivity index (χ4n) is 4.10. The first kappa shape index (κ1) is 21.4. The number of hydrogen-bond acceptors (Lipinski definition) is 4. The lowest BCUT2D eigenvalue weighted by Crippen LogP contribution is -2.34. The minimum absolute atomic E-state index is 0.0405. The number of carbonyl (C=O) groups is 1. The van der Waals surface area contributed by atoms with Gasteiger partial charge in [-0.15, -0.1) is 0 Å². The van der Waals surface area contributed by atoms with E-state index in [0.717, 1.165) is 67.7 Å². The number of amides is 1. The molecule has 1 unspecified atom stereocenters. The van der Waals surface area contributed by atoms with Crippen molar-refractivity contribution in [1.29, 1.82) is 0 Å². The number of hydrogen-bond donors (Lipinski definition) is 1. The van der Waals surface area contributed by atoms with Gasteiger partial charge in [0.1, 0.15) is 17.7 Å². The van der Waals surface area contributed by atoms with E-state index in [0.29, 0.717) is 13.2 Å². The summed E-state index contributed by atoms with van der Waals surface area (Å²) in [5.41, 5.74) is 3.43. The van der Waals surface area contributed by atoms with Crippen LogP contribution in [0.25, 0.3) is 11.0 Å². The van der Waals surface area contributed by atoms with Crippen LogP contribution in [0.2, 0.25) is 0 Å². The molecule has 6 heteroatoms. The first-order valence-electron chi connectivity index (χ1n) is 11.2. The lowest BCUT2D eigenvalue weighted by molar-refractivity contribution is -0.130. The highest BCUT2D eigenvalue weighted by molar-refractivity contribution is 5.80. The van der Waals surface area contributed by atoms with Gasteiger partial charge in [0.25, 0.3) is 0 Å². The van der Waals surface area contributed by atoms with Crippen LogP contribution in [-0.4, -0.2) is 41.8 Å². The van der Waals surface area contributed by atoms with Gasteiger partial charge >= 0.3 is 0 Å². The number of methoxy groups -OCH3 is 1. The molecule has 1 saturated heterocycles. The number of aryl methyl sites for hydroxylation is 1. The van der Waals surface area contributed by atoms with Crippen molar-refractivity contribution in [1.82, 2.24) is 14.9 Å². The number of rotatable bonds is 10. The number of benzene rings is 2. The molecule has 1 fully saturated rings. The number of carbonyl (C=O) groups excluding carboxylic acids is 1. The summed E-state index contributed by atoms with van der Waals surface area (Å²) in [7, 11) is 1.68. The fourth-order valence-corrected chi connectivity index (χ4v) is 4.10. The second-order valence-corrected chi connectivity index (χ2v) is 8.05. The van der Waals surface area contributed by atoms with Crippen molar-refractivity contribution in [2.45, 2.75) is 51.2 Å². The van der Waals surface area contributed by atoms with Crippen molar-refractivity contribution in [2.24, 2.45) is 0 Å². The van der Waals surface area contributed by atoms with Crippen LogP contribution in [0.3, 0.4) is 0 Å². The lowest BCUT2D eigenvalue weighted by atomic mass is 10.1. The summed E-state index contributed by atoms with van der Waals surface area (Å²) in [4.78, 5) is 16.9. The summed E-state index contributed by atoms with van der Waals surface area (Å²) in [6.45, 7) is 2.20. The van der Waals surface area contributed by atoms with E-state index in [1.807, 2.05) is 18.2 Å². The summed E-state index contributed by atoms with van der Waals surface area (Å²) in [5.74, 6) is 2.02. The molecule has 4 rings (SSSR count). The van der Waals surface area contributed by atoms with Crippen molar-refractivity contribution in [3.8, 4) is 5.75 Å². The third kappa shape index (κ3) is 5.44. The number of para-hydroxylation sites is 2. The highest BCUT2D eigenvalue weighted by Crippen LogP contribution is 2.21. The maximum absolute atomic E-state index is 12.0. The number of fused-ring (bicyclic) bond motifs is 1. The van der Waals surface area contributed by atoms with E-state index >= 15 is 0 Å². The highest BCUT2D eigenvalue weighted by atomic mass is 16.5. The molecule has 1 N–H and O–H groups in total. The zero-order valence-corrected chi connectivity index (χ0v) is 18.2. The Bertz CT molecular complexity index is 991. The number of nitrogens with one attached hydrogen (secondary N) is 1. The molecule has 1 amide bonds. The molecule has 0 aliphatic carbocycles. The van der Waals surface area contributed by atoms with Gasteiger partial charge in [0.2, 0.25) is 5.91 Å². The minimum Gasteiger partial charge on any atom is -0.497 e. The van der Waals surface area contributed by atoms with Crippen LogP contribution >= 0.6 is 0 Å². The van der Waals surface area contributed by atoms with Crippen molar-refractivity contribution >= 4 is 16.9 Å². The largest absolute Gasteiger partial charge is 0.497 e. The first-order valence-corrected chi connectivity index (χ1v) is 11.2. The summed E-state index contributed by atoms with van der Waals surface area (Å²) in [6.07, 6.45) is 5.57. The summed E-state index contributed by atoms with van der Waals surface area (Å²) < 4.78 is 13.0. The van der Waals surface area contributed by atoms with E-state index < -0.39 is 0 Å². The Kier molecular flexibility index (Phi) is 7.20. The molecular formula is C25H31N3O3. The second-order valence-electron chi connectivity index (χ2n) is 8.05. The van der Waals surface area contributed by atoms with Crippen LogP contribution in [0.5, 0.6) is 5.75 Å². The lowest BCUT2D eigenvalue weighted by Gasteiger charge is -2.11. The van der Waals surface area contributed by atoms with Gasteiger partial charge in [-0.1, -0.05) is 30.7 Å². The Labute approximate surface area is 183 Å². The van der Waals surface area contributed by atoms with Crippen LogP contribution in [0.1, 0.15) is 43.5 Å². The third-order valence-electron chi connectivity index (χ3n) is 5.83. The molecule has 1 aromatic heterocycles. The van der Waals surface area contributed by atoms with Gasteiger partial charge < -0.3 is 19.4 Å². The molecular weight excluding hydrogens is 390 g/mol. The molecule has 31 heavy (non-hydrogen) atoms. The Morgan fingerprint density at radius 2 is 2.00 bits per heavy atom. The van der Waals surface area contributed by atoms with Crippen LogP contribution in [0, 0.1) is 0 Å². The normalized spacial score (nSPS) is 16.0. The molecule has 1 aliphatic heterocycles. The van der Waals surface area contributed by atoms with Gasteiger partial charge in [0.05, 0.1) is 18.1 Å². The van der Waals surface area contributed by atoms with Gasteiger partial charge in [-0.05, 0) is 55.5 Å². The fraction of sp³-hybridized carbons (Fsp3) is 0.440. The molecule has 3 aromatic rings. The molecule has 0 bridgehead atoms. The molecule has 0 saturated carbocycles. The maximum Gasteiger partial charge on any atom is 0.249 e. The molecule has 0 radical (unpaired) electrons. The Morgan fingerprint density at radius 1 is 1.16 bits per heavy atom. The van der Waals surface area contributed by atoms with Gasteiger partial charge in [-0.25, -0.2) is 4.98 Å². The van der Waals surface area contributed by atoms with Crippen molar-refractivity contribution in [3.63, 3.8) is 0 Å². The van der Waals surface area contributed by atoms with Crippen molar-refractivity contribution in [2.75, 3.05) is 20.3 Å². The number of aromatic nitrogens is 2. The SMILES string of the molecule is COc1ccc(Cn2c(CCCCCNC(=O)C3CCCO3)nc3ccccc32)cc1. The average Bonchev–Trinajstić information content (AvgIpc) is 3.45. The van der Waals surface area contributed by atoms with Crippen LogP contribution in [-0.2, 0) is 22.5 Å².